The summed E-state index contributed by atoms with van der Waals surface area (Å²) in [5.74, 6) is -1.15. The number of anilines is 1. The first-order valence-electron chi connectivity index (χ1n) is 19.8. The third-order valence-corrected chi connectivity index (χ3v) is 11.1. The highest BCUT2D eigenvalue weighted by molar-refractivity contribution is 5.88. The number of likely N-dealkylation sites (tertiary alicyclic amines) is 1. The molecule has 0 aliphatic carbocycles. The number of hydrogen-bond donors (Lipinski definition) is 5. The Kier molecular flexibility index (Phi) is 12.7. The van der Waals surface area contributed by atoms with Gasteiger partial charge >= 0.3 is 12.2 Å². The Morgan fingerprint density at radius 3 is 1.98 bits per heavy atom. The van der Waals surface area contributed by atoms with Crippen molar-refractivity contribution in [2.24, 2.45) is 0 Å². The zero-order valence-corrected chi connectivity index (χ0v) is 33.4. The summed E-state index contributed by atoms with van der Waals surface area (Å²) >= 11 is 0. The molecule has 3 aromatic carbocycles. The highest BCUT2D eigenvalue weighted by Gasteiger charge is 2.38. The van der Waals surface area contributed by atoms with E-state index in [2.05, 4.69) is 35.9 Å². The normalized spacial score (nSPS) is 17.1. The van der Waals surface area contributed by atoms with E-state index in [9.17, 15) is 19.2 Å². The molecule has 314 valence electrons. The minimum atomic E-state index is -1.04. The highest BCUT2D eigenvalue weighted by atomic mass is 19.1. The maximum atomic E-state index is 15.8. The van der Waals surface area contributed by atoms with Gasteiger partial charge in [0.15, 0.2) is 0 Å². The van der Waals surface area contributed by atoms with E-state index in [-0.39, 0.29) is 29.1 Å². The zero-order chi connectivity index (χ0) is 42.3. The van der Waals surface area contributed by atoms with Crippen LogP contribution in [0.3, 0.4) is 0 Å². The van der Waals surface area contributed by atoms with Gasteiger partial charge in [-0.05, 0) is 55.9 Å². The fourth-order valence-electron chi connectivity index (χ4n) is 7.95. The summed E-state index contributed by atoms with van der Waals surface area (Å²) < 4.78 is 41.0. The number of nitrogens with zero attached hydrogens (tertiary/aromatic N) is 4. The lowest BCUT2D eigenvalue weighted by molar-refractivity contribution is -0.134. The molecule has 2 aromatic heterocycles. The number of halogens is 2. The SMILES string of the molecule is COC(=O)N[C@@H](C(=O)N[C@@H](C)c1ncc(-c2cc(F)c(N3CCC(c4cnc([C@@H]5CCCN5C(=O)[C@H](NC(=O)OC)c5ccccc5)[nH]4)CC3)c(F)c2)[nH]1)c1ccccc1. The lowest BCUT2D eigenvalue weighted by atomic mass is 9.93. The van der Waals surface area contributed by atoms with Crippen molar-refractivity contribution in [2.75, 3.05) is 38.8 Å². The van der Waals surface area contributed by atoms with Crippen LogP contribution in [0.25, 0.3) is 11.3 Å². The number of amides is 4. The molecule has 2 aliphatic rings. The molecule has 15 nitrogen and oxygen atoms in total. The van der Waals surface area contributed by atoms with E-state index < -0.39 is 47.9 Å². The predicted octanol–water partition coefficient (Wildman–Crippen LogP) is 6.50. The molecule has 5 aromatic rings. The molecular formula is C43H47F2N9O6. The predicted molar refractivity (Wildman–Crippen MR) is 216 cm³/mol. The Labute approximate surface area is 345 Å². The average Bonchev–Trinajstić information content (AvgIpc) is 4.07. The third kappa shape index (κ3) is 9.09. The summed E-state index contributed by atoms with van der Waals surface area (Å²) in [6.45, 7) is 3.00. The van der Waals surface area contributed by atoms with E-state index in [0.29, 0.717) is 67.4 Å². The Morgan fingerprint density at radius 1 is 0.767 bits per heavy atom. The van der Waals surface area contributed by atoms with Gasteiger partial charge in [-0.15, -0.1) is 0 Å². The average molecular weight is 824 g/mol. The Hall–Kier alpha value is -6.78. The number of methoxy groups -OCH3 is 2. The van der Waals surface area contributed by atoms with Crippen molar-refractivity contribution in [1.29, 1.82) is 0 Å². The van der Waals surface area contributed by atoms with Gasteiger partial charge in [0.25, 0.3) is 5.91 Å². The second-order valence-electron chi connectivity index (χ2n) is 14.8. The summed E-state index contributed by atoms with van der Waals surface area (Å²) in [4.78, 5) is 70.3. The van der Waals surface area contributed by atoms with Gasteiger partial charge in [-0.1, -0.05) is 60.7 Å². The third-order valence-electron chi connectivity index (χ3n) is 11.1. The first-order valence-corrected chi connectivity index (χ1v) is 19.8. The van der Waals surface area contributed by atoms with Gasteiger partial charge in [0, 0.05) is 43.0 Å². The Balaban J connectivity index is 0.975. The van der Waals surface area contributed by atoms with Crippen molar-refractivity contribution in [2.45, 2.75) is 62.7 Å². The minimum absolute atomic E-state index is 0.0571. The molecule has 4 heterocycles. The van der Waals surface area contributed by atoms with Crippen molar-refractivity contribution in [3.8, 4) is 11.3 Å². The quantitative estimate of drug-likeness (QED) is 0.0937. The number of hydrogen-bond acceptors (Lipinski definition) is 9. The Bertz CT molecular complexity index is 2270. The number of rotatable bonds is 12. The number of aromatic amines is 2. The molecular weight excluding hydrogens is 777 g/mol. The van der Waals surface area contributed by atoms with Gasteiger partial charge < -0.3 is 45.2 Å². The molecule has 2 aliphatic heterocycles. The number of ether oxygens (including phenoxy) is 2. The van der Waals surface area contributed by atoms with Crippen LogP contribution in [0, 0.1) is 11.6 Å². The number of benzene rings is 3. The molecule has 60 heavy (non-hydrogen) atoms. The molecule has 4 atom stereocenters. The molecule has 2 fully saturated rings. The molecule has 4 amide bonds. The van der Waals surface area contributed by atoms with Crippen LogP contribution >= 0.6 is 0 Å². The molecule has 2 saturated heterocycles. The molecule has 0 saturated carbocycles. The standard InChI is InChI=1S/C43H47F2N9O6/c1-25(48-40(55)35(51-42(57)59-2)27-11-6-4-7-12-27)38-46-24-33(49-38)29-21-30(44)37(31(45)22-29)53-19-16-26(17-20-53)32-23-47-39(50-32)34-15-10-18-54(34)41(56)36(52-43(58)60-3)28-13-8-5-9-14-28/h4-9,11-14,21-26,34-36H,10,15-20H2,1-3H3,(H,46,49)(H,47,50)(H,48,55)(H,51,57)(H,52,58)/t25-,34-,35+,36+/m0/s1. The van der Waals surface area contributed by atoms with E-state index in [0.717, 1.165) is 12.1 Å². The summed E-state index contributed by atoms with van der Waals surface area (Å²) in [6.07, 6.45) is 4.44. The molecule has 7 rings (SSSR count). The number of alkyl carbamates (subject to hydrolysis) is 2. The second-order valence-corrected chi connectivity index (χ2v) is 14.8. The first kappa shape index (κ1) is 41.4. The lowest BCUT2D eigenvalue weighted by Gasteiger charge is -2.33. The van der Waals surface area contributed by atoms with Gasteiger partial charge in [0.2, 0.25) is 5.91 Å². The minimum Gasteiger partial charge on any atom is -0.453 e. The summed E-state index contributed by atoms with van der Waals surface area (Å²) in [5.41, 5.74) is 2.57. The van der Waals surface area contributed by atoms with E-state index in [1.165, 1.54) is 32.5 Å². The molecule has 0 spiro atoms. The van der Waals surface area contributed by atoms with Crippen LogP contribution in [0.4, 0.5) is 24.1 Å². The van der Waals surface area contributed by atoms with Crippen LogP contribution in [-0.2, 0) is 19.1 Å². The number of nitrogens with one attached hydrogen (secondary N) is 5. The van der Waals surface area contributed by atoms with Gasteiger partial charge in [-0.2, -0.15) is 0 Å². The monoisotopic (exact) mass is 823 g/mol. The van der Waals surface area contributed by atoms with Crippen molar-refractivity contribution in [3.63, 3.8) is 0 Å². The molecule has 5 N–H and O–H groups in total. The van der Waals surface area contributed by atoms with Crippen LogP contribution in [-0.4, -0.2) is 82.7 Å². The van der Waals surface area contributed by atoms with Crippen LogP contribution in [0.1, 0.15) is 91.2 Å². The molecule has 0 radical (unpaired) electrons. The fourth-order valence-corrected chi connectivity index (χ4v) is 7.95. The van der Waals surface area contributed by atoms with Crippen molar-refractivity contribution in [1.82, 2.24) is 40.8 Å². The lowest BCUT2D eigenvalue weighted by Crippen LogP contribution is -2.42. The van der Waals surface area contributed by atoms with Crippen LogP contribution in [0.2, 0.25) is 0 Å². The second kappa shape index (κ2) is 18.4. The van der Waals surface area contributed by atoms with Crippen molar-refractivity contribution < 1.29 is 37.4 Å². The fraction of sp³-hybridized carbons (Fsp3) is 0.349. The van der Waals surface area contributed by atoms with Crippen LogP contribution in [0.5, 0.6) is 0 Å². The van der Waals surface area contributed by atoms with E-state index >= 15 is 8.78 Å². The van der Waals surface area contributed by atoms with Crippen molar-refractivity contribution >= 4 is 29.7 Å². The van der Waals surface area contributed by atoms with Gasteiger partial charge in [-0.25, -0.2) is 28.3 Å². The number of piperidine rings is 1. The summed E-state index contributed by atoms with van der Waals surface area (Å²) in [6, 6.07) is 17.3. The van der Waals surface area contributed by atoms with Crippen LogP contribution in [0.15, 0.2) is 85.2 Å². The van der Waals surface area contributed by atoms with Crippen molar-refractivity contribution in [3.05, 3.63) is 125 Å². The Morgan fingerprint density at radius 2 is 1.37 bits per heavy atom. The summed E-state index contributed by atoms with van der Waals surface area (Å²) in [5, 5.41) is 8.04. The first-order chi connectivity index (χ1) is 29.0. The van der Waals surface area contributed by atoms with E-state index in [1.54, 1.807) is 77.5 Å². The number of carbonyl (C=O) groups is 4. The van der Waals surface area contributed by atoms with Gasteiger partial charge in [0.1, 0.15) is 41.1 Å². The molecule has 0 unspecified atom stereocenters. The maximum Gasteiger partial charge on any atom is 0.407 e. The van der Waals surface area contributed by atoms with E-state index in [1.807, 2.05) is 6.07 Å². The highest BCUT2D eigenvalue weighted by Crippen LogP contribution is 2.37. The number of aromatic nitrogens is 4. The van der Waals surface area contributed by atoms with Gasteiger partial charge in [0.05, 0.1) is 38.2 Å². The largest absolute Gasteiger partial charge is 0.453 e. The summed E-state index contributed by atoms with van der Waals surface area (Å²) in [7, 11) is 2.46. The molecule has 0 bridgehead atoms. The topological polar surface area (TPSA) is 187 Å². The smallest absolute Gasteiger partial charge is 0.407 e. The van der Waals surface area contributed by atoms with E-state index in [4.69, 9.17) is 9.47 Å². The number of H-pyrrole nitrogens is 2. The maximum absolute atomic E-state index is 15.8. The number of imidazole rings is 2. The zero-order valence-electron chi connectivity index (χ0n) is 33.4. The van der Waals surface area contributed by atoms with Gasteiger partial charge in [-0.3, -0.25) is 9.59 Å². The number of carbonyl (C=O) groups excluding carboxylic acids is 4. The molecule has 17 heteroatoms. The van der Waals surface area contributed by atoms with Crippen LogP contribution < -0.4 is 20.9 Å².